The Morgan fingerprint density at radius 2 is 1.75 bits per heavy atom. The van der Waals surface area contributed by atoms with Crippen LogP contribution >= 0.6 is 11.8 Å². The number of benzene rings is 2. The van der Waals surface area contributed by atoms with E-state index in [-0.39, 0.29) is 12.5 Å². The highest BCUT2D eigenvalue weighted by atomic mass is 32.2. The predicted molar refractivity (Wildman–Crippen MR) is 95.5 cm³/mol. The molecule has 0 unspecified atom stereocenters. The zero-order valence-corrected chi connectivity index (χ0v) is 13.7. The molecule has 5 heteroatoms. The molecule has 0 saturated carbocycles. The van der Waals surface area contributed by atoms with Crippen LogP contribution in [0, 0.1) is 0 Å². The second kappa shape index (κ2) is 7.66. The van der Waals surface area contributed by atoms with Crippen LogP contribution in [0.1, 0.15) is 10.5 Å². The van der Waals surface area contributed by atoms with E-state index in [2.05, 4.69) is 5.32 Å². The van der Waals surface area contributed by atoms with E-state index in [1.165, 1.54) is 0 Å². The third-order valence-electron chi connectivity index (χ3n) is 3.43. The molecule has 0 fully saturated rings. The van der Waals surface area contributed by atoms with Crippen LogP contribution in [0.4, 0.5) is 5.69 Å². The van der Waals surface area contributed by atoms with Crippen molar-refractivity contribution in [3.8, 4) is 0 Å². The Labute approximate surface area is 144 Å². The van der Waals surface area contributed by atoms with Gasteiger partial charge in [-0.1, -0.05) is 42.1 Å². The molecular weight excluding hydrogens is 320 g/mol. The molecule has 0 aliphatic rings. The van der Waals surface area contributed by atoms with Gasteiger partial charge in [-0.15, -0.1) is 0 Å². The summed E-state index contributed by atoms with van der Waals surface area (Å²) in [5.41, 5.74) is 1.24. The number of nitrogens with zero attached hydrogens (tertiary/aromatic N) is 1. The van der Waals surface area contributed by atoms with Crippen molar-refractivity contribution in [1.29, 1.82) is 0 Å². The summed E-state index contributed by atoms with van der Waals surface area (Å²) in [7, 11) is 0. The summed E-state index contributed by atoms with van der Waals surface area (Å²) in [5.74, 6) is -0.171. The maximum atomic E-state index is 12.3. The van der Waals surface area contributed by atoms with E-state index in [0.29, 0.717) is 5.69 Å². The molecule has 3 aromatic rings. The van der Waals surface area contributed by atoms with Crippen LogP contribution in [-0.4, -0.2) is 16.8 Å². The molecule has 0 bridgehead atoms. The number of carbonyl (C=O) groups is 2. The van der Waals surface area contributed by atoms with Gasteiger partial charge in [0.2, 0.25) is 5.91 Å². The second-order valence-electron chi connectivity index (χ2n) is 5.14. The number of aromatic nitrogens is 1. The molecule has 1 aromatic heterocycles. The Bertz CT molecular complexity index is 843. The molecule has 0 spiro atoms. The fraction of sp³-hybridized carbons (Fsp3) is 0.0526. The summed E-state index contributed by atoms with van der Waals surface area (Å²) in [6.07, 6.45) is 2.46. The molecule has 0 saturated heterocycles. The van der Waals surface area contributed by atoms with Gasteiger partial charge >= 0.3 is 0 Å². The smallest absolute Gasteiger partial charge is 0.244 e. The van der Waals surface area contributed by atoms with Crippen LogP contribution in [0.5, 0.6) is 0 Å². The Kier molecular flexibility index (Phi) is 5.13. The summed E-state index contributed by atoms with van der Waals surface area (Å²) in [5, 5.41) is 2.92. The summed E-state index contributed by atoms with van der Waals surface area (Å²) in [6, 6.07) is 21.1. The van der Waals surface area contributed by atoms with Crippen LogP contribution in [0.2, 0.25) is 0 Å². The first-order valence-corrected chi connectivity index (χ1v) is 8.30. The number of amides is 1. The van der Waals surface area contributed by atoms with Gasteiger partial charge in [-0.25, -0.2) is 0 Å². The lowest BCUT2D eigenvalue weighted by Gasteiger charge is -2.11. The third-order valence-corrected chi connectivity index (χ3v) is 4.52. The van der Waals surface area contributed by atoms with E-state index in [9.17, 15) is 9.59 Å². The lowest BCUT2D eigenvalue weighted by molar-refractivity contribution is -0.116. The van der Waals surface area contributed by atoms with Gasteiger partial charge in [-0.2, -0.15) is 0 Å². The van der Waals surface area contributed by atoms with E-state index in [1.807, 2.05) is 54.6 Å². The van der Waals surface area contributed by atoms with E-state index in [1.54, 1.807) is 34.7 Å². The molecule has 0 aliphatic carbocycles. The topological polar surface area (TPSA) is 51.1 Å². The van der Waals surface area contributed by atoms with Crippen molar-refractivity contribution in [1.82, 2.24) is 4.57 Å². The number of aldehydes is 1. The molecule has 1 heterocycles. The number of para-hydroxylation sites is 1. The minimum absolute atomic E-state index is 0.103. The SMILES string of the molecule is O=Cc1cccn1CC(=O)Nc1ccccc1Sc1ccccc1. The monoisotopic (exact) mass is 336 g/mol. The second-order valence-corrected chi connectivity index (χ2v) is 6.25. The molecule has 120 valence electrons. The highest BCUT2D eigenvalue weighted by Crippen LogP contribution is 2.33. The minimum atomic E-state index is -0.171. The summed E-state index contributed by atoms with van der Waals surface area (Å²) >= 11 is 1.59. The van der Waals surface area contributed by atoms with Crippen LogP contribution in [0.15, 0.2) is 82.7 Å². The lowest BCUT2D eigenvalue weighted by atomic mass is 10.3. The zero-order chi connectivity index (χ0) is 16.8. The minimum Gasteiger partial charge on any atom is -0.336 e. The number of rotatable bonds is 6. The fourth-order valence-electron chi connectivity index (χ4n) is 2.30. The quantitative estimate of drug-likeness (QED) is 0.690. The van der Waals surface area contributed by atoms with Crippen LogP contribution in [0.25, 0.3) is 0 Å². The molecular formula is C19H16N2O2S. The summed E-state index contributed by atoms with van der Waals surface area (Å²) in [4.78, 5) is 25.3. The third kappa shape index (κ3) is 3.94. The largest absolute Gasteiger partial charge is 0.336 e. The van der Waals surface area contributed by atoms with Crippen molar-refractivity contribution in [3.63, 3.8) is 0 Å². The van der Waals surface area contributed by atoms with Crippen molar-refractivity contribution in [2.45, 2.75) is 16.3 Å². The zero-order valence-electron chi connectivity index (χ0n) is 12.9. The normalized spacial score (nSPS) is 10.3. The van der Waals surface area contributed by atoms with Gasteiger partial charge in [-0.05, 0) is 36.4 Å². The van der Waals surface area contributed by atoms with Gasteiger partial charge in [0.15, 0.2) is 6.29 Å². The average Bonchev–Trinajstić information content (AvgIpc) is 3.04. The van der Waals surface area contributed by atoms with Crippen molar-refractivity contribution in [2.24, 2.45) is 0 Å². The Morgan fingerprint density at radius 1 is 1.00 bits per heavy atom. The summed E-state index contributed by atoms with van der Waals surface area (Å²) in [6.45, 7) is 0.103. The Morgan fingerprint density at radius 3 is 2.54 bits per heavy atom. The first-order chi connectivity index (χ1) is 11.8. The number of carbonyl (C=O) groups excluding carboxylic acids is 2. The Hall–Kier alpha value is -2.79. The number of nitrogens with one attached hydrogen (secondary N) is 1. The van der Waals surface area contributed by atoms with Gasteiger partial charge < -0.3 is 9.88 Å². The summed E-state index contributed by atoms with van der Waals surface area (Å²) < 4.78 is 1.62. The molecule has 4 nitrogen and oxygen atoms in total. The standard InChI is InChI=1S/C19H16N2O2S/c22-14-15-7-6-12-21(15)13-19(23)20-17-10-4-5-11-18(17)24-16-8-2-1-3-9-16/h1-12,14H,13H2,(H,20,23). The molecule has 24 heavy (non-hydrogen) atoms. The van der Waals surface area contributed by atoms with Crippen LogP contribution in [0.3, 0.4) is 0 Å². The predicted octanol–water partition coefficient (Wildman–Crippen LogP) is 4.09. The maximum absolute atomic E-state index is 12.3. The molecule has 0 radical (unpaired) electrons. The fourth-order valence-corrected chi connectivity index (χ4v) is 3.22. The van der Waals surface area contributed by atoms with Crippen molar-refractivity contribution in [3.05, 3.63) is 78.6 Å². The first-order valence-electron chi connectivity index (χ1n) is 7.48. The highest BCUT2D eigenvalue weighted by molar-refractivity contribution is 7.99. The number of hydrogen-bond acceptors (Lipinski definition) is 3. The van der Waals surface area contributed by atoms with Crippen molar-refractivity contribution in [2.75, 3.05) is 5.32 Å². The van der Waals surface area contributed by atoms with Gasteiger partial charge in [0.05, 0.1) is 11.4 Å². The van der Waals surface area contributed by atoms with Crippen molar-refractivity contribution >= 4 is 29.6 Å². The van der Waals surface area contributed by atoms with Gasteiger partial charge in [-0.3, -0.25) is 9.59 Å². The Balaban J connectivity index is 1.73. The van der Waals surface area contributed by atoms with Gasteiger partial charge in [0.25, 0.3) is 0 Å². The molecule has 0 aliphatic heterocycles. The molecule has 0 atom stereocenters. The lowest BCUT2D eigenvalue weighted by Crippen LogP contribution is -2.19. The molecule has 1 amide bonds. The molecule has 3 rings (SSSR count). The van der Waals surface area contributed by atoms with Gasteiger partial charge in [0, 0.05) is 16.0 Å². The van der Waals surface area contributed by atoms with E-state index in [0.717, 1.165) is 21.8 Å². The number of anilines is 1. The van der Waals surface area contributed by atoms with Crippen molar-refractivity contribution < 1.29 is 9.59 Å². The average molecular weight is 336 g/mol. The number of hydrogen-bond donors (Lipinski definition) is 1. The van der Waals surface area contributed by atoms with E-state index in [4.69, 9.17) is 0 Å². The van der Waals surface area contributed by atoms with Gasteiger partial charge in [0.1, 0.15) is 6.54 Å². The molecule has 1 N–H and O–H groups in total. The maximum Gasteiger partial charge on any atom is 0.244 e. The van der Waals surface area contributed by atoms with E-state index >= 15 is 0 Å². The van der Waals surface area contributed by atoms with Crippen LogP contribution < -0.4 is 5.32 Å². The molecule has 2 aromatic carbocycles. The van der Waals surface area contributed by atoms with E-state index < -0.39 is 0 Å². The first kappa shape index (κ1) is 16.1. The van der Waals surface area contributed by atoms with Crippen LogP contribution in [-0.2, 0) is 11.3 Å². The highest BCUT2D eigenvalue weighted by Gasteiger charge is 2.10.